The molecule has 2 amide bonds. The van der Waals surface area contributed by atoms with E-state index in [1.165, 1.54) is 12.0 Å². The minimum atomic E-state index is -0.487. The van der Waals surface area contributed by atoms with Crippen LogP contribution in [0, 0.1) is 18.3 Å². The molecule has 0 N–H and O–H groups in total. The molecule has 0 bridgehead atoms. The summed E-state index contributed by atoms with van der Waals surface area (Å²) in [5.74, 6) is 1.20. The normalized spacial score (nSPS) is 15.4. The summed E-state index contributed by atoms with van der Waals surface area (Å²) in [6, 6.07) is 22.2. The van der Waals surface area contributed by atoms with E-state index in [-0.39, 0.29) is 17.7 Å². The Hall–Kier alpha value is -3.76. The van der Waals surface area contributed by atoms with Gasteiger partial charge in [-0.15, -0.1) is 0 Å². The highest BCUT2D eigenvalue weighted by Gasteiger charge is 2.39. The zero-order chi connectivity index (χ0) is 23.4. The van der Waals surface area contributed by atoms with E-state index in [2.05, 4.69) is 6.07 Å². The third-order valence-electron chi connectivity index (χ3n) is 5.34. The van der Waals surface area contributed by atoms with Crippen LogP contribution in [0.4, 0.5) is 4.79 Å². The van der Waals surface area contributed by atoms with E-state index in [9.17, 15) is 14.9 Å². The number of benzene rings is 3. The van der Waals surface area contributed by atoms with Crippen molar-refractivity contribution in [3.05, 3.63) is 89.0 Å². The van der Waals surface area contributed by atoms with Crippen molar-refractivity contribution < 1.29 is 19.1 Å². The topological polar surface area (TPSA) is 79.6 Å². The summed E-state index contributed by atoms with van der Waals surface area (Å²) in [6.45, 7) is 2.27. The van der Waals surface area contributed by atoms with Crippen LogP contribution in [0.5, 0.6) is 17.2 Å². The molecule has 3 aromatic carbocycles. The molecule has 0 saturated carbocycles. The fraction of sp³-hybridized carbons (Fsp3) is 0.192. The van der Waals surface area contributed by atoms with Crippen LogP contribution in [-0.2, 0) is 17.8 Å². The van der Waals surface area contributed by atoms with Crippen molar-refractivity contribution in [3.63, 3.8) is 0 Å². The van der Waals surface area contributed by atoms with Gasteiger partial charge in [-0.2, -0.15) is 5.26 Å². The van der Waals surface area contributed by atoms with Gasteiger partial charge in [0.05, 0.1) is 24.5 Å². The Balaban J connectivity index is 1.47. The van der Waals surface area contributed by atoms with Crippen molar-refractivity contribution in [2.24, 2.45) is 0 Å². The Kier molecular flexibility index (Phi) is 6.66. The Morgan fingerprint density at radius 1 is 0.970 bits per heavy atom. The van der Waals surface area contributed by atoms with Crippen LogP contribution in [0.2, 0.25) is 0 Å². The van der Waals surface area contributed by atoms with Gasteiger partial charge in [0.2, 0.25) is 5.91 Å². The largest absolute Gasteiger partial charge is 0.493 e. The highest BCUT2D eigenvalue weighted by Crippen LogP contribution is 2.36. The maximum atomic E-state index is 12.9. The zero-order valence-electron chi connectivity index (χ0n) is 18.3. The molecule has 0 spiro atoms. The number of thioether (sulfide) groups is 1. The summed E-state index contributed by atoms with van der Waals surface area (Å²) in [5.41, 5.74) is 3.32. The third-order valence-corrected chi connectivity index (χ3v) is 6.42. The fourth-order valence-electron chi connectivity index (χ4n) is 3.55. The number of rotatable bonds is 7. The number of hydrogen-bond donors (Lipinski definition) is 0. The molecule has 0 aliphatic carbocycles. The number of amides is 2. The molecule has 3 aromatic rings. The molecule has 1 aliphatic heterocycles. The molecular weight excluding hydrogens is 436 g/mol. The molecule has 0 radical (unpaired) electrons. The predicted molar refractivity (Wildman–Crippen MR) is 126 cm³/mol. The second-order valence-electron chi connectivity index (χ2n) is 7.68. The molecule has 1 unspecified atom stereocenters. The Morgan fingerprint density at radius 2 is 1.70 bits per heavy atom. The van der Waals surface area contributed by atoms with Crippen LogP contribution in [0.25, 0.3) is 0 Å². The lowest BCUT2D eigenvalue weighted by atomic mass is 10.1. The highest BCUT2D eigenvalue weighted by atomic mass is 32.2. The standard InChI is InChI=1S/C26H22N2O4S/c1-17-7-9-18(10-8-17)16-28-25(29)24(33-26(28)30)14-19-11-12-22(23(13-19)31-2)32-21-6-4-3-5-20(21)15-27/h3-13,24H,14,16H2,1-2H3. The van der Waals surface area contributed by atoms with E-state index < -0.39 is 5.25 Å². The first-order valence-corrected chi connectivity index (χ1v) is 11.3. The lowest BCUT2D eigenvalue weighted by Crippen LogP contribution is -2.31. The molecule has 7 heteroatoms. The lowest BCUT2D eigenvalue weighted by molar-refractivity contribution is -0.127. The molecule has 1 fully saturated rings. The summed E-state index contributed by atoms with van der Waals surface area (Å²) < 4.78 is 11.4. The predicted octanol–water partition coefficient (Wildman–Crippen LogP) is 5.47. The number of imide groups is 1. The van der Waals surface area contributed by atoms with Crippen molar-refractivity contribution >= 4 is 22.9 Å². The number of carbonyl (C=O) groups is 2. The Morgan fingerprint density at radius 3 is 2.42 bits per heavy atom. The number of aryl methyl sites for hydroxylation is 1. The summed E-state index contributed by atoms with van der Waals surface area (Å²) in [4.78, 5) is 26.7. The Bertz CT molecular complexity index is 1230. The van der Waals surface area contributed by atoms with Crippen LogP contribution in [0.3, 0.4) is 0 Å². The number of para-hydroxylation sites is 1. The van der Waals surface area contributed by atoms with Crippen LogP contribution in [0.1, 0.15) is 22.3 Å². The van der Waals surface area contributed by atoms with Gasteiger partial charge in [-0.05, 0) is 48.7 Å². The van der Waals surface area contributed by atoms with Crippen LogP contribution in [-0.4, -0.2) is 28.4 Å². The quantitative estimate of drug-likeness (QED) is 0.467. The molecule has 4 rings (SSSR count). The number of carbonyl (C=O) groups excluding carboxylic acids is 2. The first kappa shape index (κ1) is 22.4. The number of nitrogens with zero attached hydrogens (tertiary/aromatic N) is 2. The third kappa shape index (κ3) is 5.02. The minimum absolute atomic E-state index is 0.187. The highest BCUT2D eigenvalue weighted by molar-refractivity contribution is 8.15. The van der Waals surface area contributed by atoms with Crippen molar-refractivity contribution in [3.8, 4) is 23.3 Å². The second kappa shape index (κ2) is 9.80. The fourth-order valence-corrected chi connectivity index (χ4v) is 4.58. The van der Waals surface area contributed by atoms with Crippen molar-refractivity contribution in [2.45, 2.75) is 25.1 Å². The zero-order valence-corrected chi connectivity index (χ0v) is 19.1. The number of nitriles is 1. The molecule has 6 nitrogen and oxygen atoms in total. The Labute approximate surface area is 196 Å². The van der Waals surface area contributed by atoms with E-state index in [1.54, 1.807) is 36.4 Å². The summed E-state index contributed by atoms with van der Waals surface area (Å²) in [5, 5.41) is 8.55. The van der Waals surface area contributed by atoms with E-state index in [0.29, 0.717) is 29.2 Å². The number of methoxy groups -OCH3 is 1. The number of ether oxygens (including phenoxy) is 2. The monoisotopic (exact) mass is 458 g/mol. The van der Waals surface area contributed by atoms with Gasteiger partial charge in [-0.3, -0.25) is 14.5 Å². The van der Waals surface area contributed by atoms with E-state index in [0.717, 1.165) is 28.5 Å². The molecule has 1 saturated heterocycles. The molecular formula is C26H22N2O4S. The molecule has 1 heterocycles. The number of hydrogen-bond acceptors (Lipinski definition) is 6. The van der Waals surface area contributed by atoms with Crippen LogP contribution < -0.4 is 9.47 Å². The van der Waals surface area contributed by atoms with Gasteiger partial charge < -0.3 is 9.47 Å². The average Bonchev–Trinajstić information content (AvgIpc) is 3.09. The second-order valence-corrected chi connectivity index (χ2v) is 8.84. The van der Waals surface area contributed by atoms with E-state index in [1.807, 2.05) is 37.3 Å². The van der Waals surface area contributed by atoms with Crippen molar-refractivity contribution in [1.82, 2.24) is 4.90 Å². The van der Waals surface area contributed by atoms with Gasteiger partial charge in [-0.25, -0.2) is 0 Å². The SMILES string of the molecule is COc1cc(CC2SC(=O)N(Cc3ccc(C)cc3)C2=O)ccc1Oc1ccccc1C#N. The molecule has 1 atom stereocenters. The summed E-state index contributed by atoms with van der Waals surface area (Å²) in [7, 11) is 1.53. The lowest BCUT2D eigenvalue weighted by Gasteiger charge is -2.15. The van der Waals surface area contributed by atoms with E-state index in [4.69, 9.17) is 9.47 Å². The van der Waals surface area contributed by atoms with Gasteiger partial charge in [0, 0.05) is 0 Å². The first-order valence-electron chi connectivity index (χ1n) is 10.4. The van der Waals surface area contributed by atoms with Crippen LogP contribution >= 0.6 is 11.8 Å². The molecule has 1 aliphatic rings. The molecule has 0 aromatic heterocycles. The summed E-state index contributed by atoms with van der Waals surface area (Å²) >= 11 is 1.05. The van der Waals surface area contributed by atoms with Gasteiger partial charge in [0.15, 0.2) is 11.5 Å². The maximum Gasteiger partial charge on any atom is 0.289 e. The maximum absolute atomic E-state index is 12.9. The van der Waals surface area contributed by atoms with Gasteiger partial charge in [0.1, 0.15) is 11.8 Å². The van der Waals surface area contributed by atoms with E-state index >= 15 is 0 Å². The van der Waals surface area contributed by atoms with Gasteiger partial charge >= 0.3 is 0 Å². The smallest absolute Gasteiger partial charge is 0.289 e. The van der Waals surface area contributed by atoms with Crippen molar-refractivity contribution in [1.29, 1.82) is 5.26 Å². The van der Waals surface area contributed by atoms with Gasteiger partial charge in [0.25, 0.3) is 5.24 Å². The first-order chi connectivity index (χ1) is 16.0. The summed E-state index contributed by atoms with van der Waals surface area (Å²) in [6.07, 6.45) is 0.394. The minimum Gasteiger partial charge on any atom is -0.493 e. The average molecular weight is 459 g/mol. The van der Waals surface area contributed by atoms with Crippen molar-refractivity contribution in [2.75, 3.05) is 7.11 Å². The van der Waals surface area contributed by atoms with Gasteiger partial charge in [-0.1, -0.05) is 59.8 Å². The van der Waals surface area contributed by atoms with Crippen LogP contribution in [0.15, 0.2) is 66.7 Å². The molecule has 166 valence electrons. The molecule has 33 heavy (non-hydrogen) atoms.